The van der Waals surface area contributed by atoms with Crippen LogP contribution in [0.1, 0.15) is 19.3 Å². The molecule has 2 aliphatic heterocycles. The Morgan fingerprint density at radius 1 is 1.18 bits per heavy atom. The minimum Gasteiger partial charge on any atom is -0.462 e. The van der Waals surface area contributed by atoms with Crippen molar-refractivity contribution in [2.75, 3.05) is 45.2 Å². The van der Waals surface area contributed by atoms with Gasteiger partial charge in [0, 0.05) is 43.3 Å². The van der Waals surface area contributed by atoms with Gasteiger partial charge in [-0.15, -0.1) is 0 Å². The van der Waals surface area contributed by atoms with E-state index >= 15 is 4.39 Å². The fourth-order valence-corrected chi connectivity index (χ4v) is 6.01. The van der Waals surface area contributed by atoms with Gasteiger partial charge in [-0.05, 0) is 44.3 Å². The lowest BCUT2D eigenvalue weighted by molar-refractivity contribution is 0.188. The zero-order valence-corrected chi connectivity index (χ0v) is 23.0. The molecule has 2 saturated heterocycles. The number of likely N-dealkylation sites (tertiary alicyclic amines) is 2. The van der Waals surface area contributed by atoms with Gasteiger partial charge in [0.25, 0.3) is 0 Å². The van der Waals surface area contributed by atoms with Crippen LogP contribution < -0.4 is 9.64 Å². The summed E-state index contributed by atoms with van der Waals surface area (Å²) in [5.41, 5.74) is 0.428. The fraction of sp³-hybridized carbons (Fsp3) is 0.379. The molecule has 2 atom stereocenters. The largest absolute Gasteiger partial charge is 0.462 e. The maximum Gasteiger partial charge on any atom is 0.319 e. The molecular weight excluding hydrogens is 536 g/mol. The highest BCUT2D eigenvalue weighted by Gasteiger charge is 2.29. The van der Waals surface area contributed by atoms with Crippen LogP contribution in [0.2, 0.25) is 5.02 Å². The van der Waals surface area contributed by atoms with Gasteiger partial charge >= 0.3 is 6.01 Å². The first-order chi connectivity index (χ1) is 19.4. The van der Waals surface area contributed by atoms with Crippen LogP contribution in [0.15, 0.2) is 36.5 Å². The van der Waals surface area contributed by atoms with E-state index in [-0.39, 0.29) is 34.3 Å². The van der Waals surface area contributed by atoms with Crippen LogP contribution in [0.5, 0.6) is 6.01 Å². The van der Waals surface area contributed by atoms with Crippen molar-refractivity contribution >= 4 is 39.1 Å². The highest BCUT2D eigenvalue weighted by atomic mass is 35.5. The van der Waals surface area contributed by atoms with E-state index in [4.69, 9.17) is 21.3 Å². The van der Waals surface area contributed by atoms with Crippen LogP contribution in [0.3, 0.4) is 0 Å². The summed E-state index contributed by atoms with van der Waals surface area (Å²) in [6.45, 7) is 2.56. The van der Waals surface area contributed by atoms with Crippen molar-refractivity contribution in [2.24, 2.45) is 0 Å². The van der Waals surface area contributed by atoms with Crippen molar-refractivity contribution in [2.45, 2.75) is 31.3 Å². The summed E-state index contributed by atoms with van der Waals surface area (Å²) in [5.74, 6) is -0.788. The molecule has 6 rings (SSSR count). The van der Waals surface area contributed by atoms with Gasteiger partial charge in [0.2, 0.25) is 0 Å². The number of hydrogen-bond acceptors (Lipinski definition) is 8. The molecule has 0 saturated carbocycles. The van der Waals surface area contributed by atoms with Crippen molar-refractivity contribution in [3.63, 3.8) is 0 Å². The van der Waals surface area contributed by atoms with E-state index < -0.39 is 11.6 Å². The van der Waals surface area contributed by atoms with Crippen LogP contribution in [-0.2, 0) is 0 Å². The molecule has 0 N–H and O–H groups in total. The summed E-state index contributed by atoms with van der Waals surface area (Å²) in [6.07, 6.45) is 6.59. The van der Waals surface area contributed by atoms with Crippen molar-refractivity contribution in [1.29, 1.82) is 5.26 Å². The zero-order valence-electron chi connectivity index (χ0n) is 22.2. The van der Waals surface area contributed by atoms with E-state index in [0.29, 0.717) is 47.2 Å². The number of hydrogen-bond donors (Lipinski definition) is 0. The van der Waals surface area contributed by atoms with E-state index in [1.807, 2.05) is 11.9 Å². The number of halogens is 3. The monoisotopic (exact) mass is 563 g/mol. The topological polar surface area (TPSA) is 81.4 Å². The van der Waals surface area contributed by atoms with Crippen molar-refractivity contribution in [3.8, 4) is 23.5 Å². The number of ether oxygens (including phenoxy) is 1. The van der Waals surface area contributed by atoms with Crippen LogP contribution in [-0.4, -0.2) is 77.2 Å². The zero-order chi connectivity index (χ0) is 28.0. The molecule has 2 aliphatic rings. The third-order valence-electron chi connectivity index (χ3n) is 8.10. The number of fused-ring (bicyclic) bond motifs is 2. The number of aromatic nitrogens is 3. The Bertz CT molecular complexity index is 1650. The summed E-state index contributed by atoms with van der Waals surface area (Å²) in [4.78, 5) is 19.5. The van der Waals surface area contributed by atoms with Crippen LogP contribution in [0.25, 0.3) is 32.9 Å². The maximum absolute atomic E-state index is 16.4. The minimum atomic E-state index is -0.671. The van der Waals surface area contributed by atoms with Gasteiger partial charge in [-0.2, -0.15) is 15.2 Å². The molecule has 0 bridgehead atoms. The van der Waals surface area contributed by atoms with Crippen molar-refractivity contribution in [3.05, 3.63) is 53.2 Å². The number of rotatable bonds is 6. The smallest absolute Gasteiger partial charge is 0.319 e. The van der Waals surface area contributed by atoms with Gasteiger partial charge < -0.3 is 19.4 Å². The predicted molar refractivity (Wildman–Crippen MR) is 150 cm³/mol. The molecule has 0 aliphatic carbocycles. The predicted octanol–water partition coefficient (Wildman–Crippen LogP) is 5.24. The molecule has 40 heavy (non-hydrogen) atoms. The second kappa shape index (κ2) is 10.6. The average Bonchev–Trinajstić information content (AvgIpc) is 3.62. The lowest BCUT2D eigenvalue weighted by atomic mass is 10.0. The quantitative estimate of drug-likeness (QED) is 0.295. The number of pyridine rings is 1. The Morgan fingerprint density at radius 2 is 2.02 bits per heavy atom. The molecule has 0 unspecified atom stereocenters. The lowest BCUT2D eigenvalue weighted by Crippen LogP contribution is -2.35. The SMILES string of the molecule is CN1CCC[C@H]1COc1nc(N(C)[C@@H]2CCN(C#N)C2)c2cnc(-c3cccc4ccc(F)c(Cl)c34)c(F)c2n1. The van der Waals surface area contributed by atoms with E-state index in [9.17, 15) is 9.65 Å². The Labute approximate surface area is 235 Å². The Morgan fingerprint density at radius 3 is 2.77 bits per heavy atom. The van der Waals surface area contributed by atoms with Crippen molar-refractivity contribution in [1.82, 2.24) is 24.8 Å². The first-order valence-corrected chi connectivity index (χ1v) is 13.7. The molecule has 206 valence electrons. The van der Waals surface area contributed by atoms with Gasteiger partial charge in [-0.25, -0.2) is 8.78 Å². The van der Waals surface area contributed by atoms with Crippen LogP contribution >= 0.6 is 11.6 Å². The number of likely N-dealkylation sites (N-methyl/N-ethyl adjacent to an activating group) is 2. The third-order valence-corrected chi connectivity index (χ3v) is 8.47. The number of anilines is 1. The average molecular weight is 564 g/mol. The van der Waals surface area contributed by atoms with Gasteiger partial charge in [0.05, 0.1) is 16.5 Å². The van der Waals surface area contributed by atoms with Crippen molar-refractivity contribution < 1.29 is 13.5 Å². The molecule has 0 radical (unpaired) electrons. The number of nitriles is 1. The molecule has 4 heterocycles. The summed E-state index contributed by atoms with van der Waals surface area (Å²) in [7, 11) is 3.93. The standard InChI is InChI=1S/C29H28ClF2N7O/c1-37-11-4-6-19(37)15-40-29-35-27-21(28(36-29)38(2)18-10-12-39(14-18)16-33)13-34-26(25(27)32)20-7-3-5-17-8-9-22(31)24(30)23(17)20/h3,5,7-9,13,18-19H,4,6,10-12,14-15H2,1-2H3/t18-,19+/m1/s1. The lowest BCUT2D eigenvalue weighted by Gasteiger charge is -2.27. The first-order valence-electron chi connectivity index (χ1n) is 13.3. The van der Waals surface area contributed by atoms with Crippen LogP contribution in [0.4, 0.5) is 14.6 Å². The van der Waals surface area contributed by atoms with E-state index in [1.165, 1.54) is 12.3 Å². The number of benzene rings is 2. The number of nitrogens with zero attached hydrogens (tertiary/aromatic N) is 7. The third kappa shape index (κ3) is 4.63. The highest BCUT2D eigenvalue weighted by Crippen LogP contribution is 2.38. The minimum absolute atomic E-state index is 0.00541. The molecule has 0 spiro atoms. The summed E-state index contributed by atoms with van der Waals surface area (Å²) in [6, 6.07) is 8.39. The molecule has 4 aromatic rings. The summed E-state index contributed by atoms with van der Waals surface area (Å²) < 4.78 is 36.9. The summed E-state index contributed by atoms with van der Waals surface area (Å²) >= 11 is 6.35. The molecule has 2 aromatic carbocycles. The van der Waals surface area contributed by atoms with E-state index in [0.717, 1.165) is 25.8 Å². The van der Waals surface area contributed by atoms with Gasteiger partial charge in [0.15, 0.2) is 12.0 Å². The molecular formula is C29H28ClF2N7O. The maximum atomic E-state index is 16.4. The van der Waals surface area contributed by atoms with Gasteiger partial charge in [0.1, 0.15) is 29.5 Å². The van der Waals surface area contributed by atoms with Gasteiger partial charge in [-0.1, -0.05) is 35.9 Å². The summed E-state index contributed by atoms with van der Waals surface area (Å²) in [5, 5.41) is 10.7. The van der Waals surface area contributed by atoms with E-state index in [1.54, 1.807) is 29.2 Å². The fourth-order valence-electron chi connectivity index (χ4n) is 5.73. The Balaban J connectivity index is 1.48. The molecule has 8 nitrogen and oxygen atoms in total. The molecule has 2 fully saturated rings. The van der Waals surface area contributed by atoms with Gasteiger partial charge in [-0.3, -0.25) is 4.98 Å². The second-order valence-electron chi connectivity index (χ2n) is 10.5. The normalized spacial score (nSPS) is 19.4. The second-order valence-corrected chi connectivity index (χ2v) is 10.8. The molecule has 11 heteroatoms. The Hall–Kier alpha value is -3.81. The molecule has 2 aromatic heterocycles. The van der Waals surface area contributed by atoms with Crippen LogP contribution in [0, 0.1) is 23.1 Å². The first kappa shape index (κ1) is 26.4. The van der Waals surface area contributed by atoms with E-state index in [2.05, 4.69) is 28.1 Å². The highest BCUT2D eigenvalue weighted by molar-refractivity contribution is 6.36. The Kier molecular flexibility index (Phi) is 7.02. The molecule has 0 amide bonds.